The molecule has 96 valence electrons. The number of anilines is 1. The summed E-state index contributed by atoms with van der Waals surface area (Å²) in [5.41, 5.74) is 0.639. The van der Waals surface area contributed by atoms with Gasteiger partial charge in [0.1, 0.15) is 5.82 Å². The molecule has 0 spiro atoms. The van der Waals surface area contributed by atoms with E-state index in [0.29, 0.717) is 23.7 Å². The molecule has 0 bridgehead atoms. The SMILES string of the molecule is CCOC1CC(Nc2nc3ccc(F)cn3n2)C1. The lowest BCUT2D eigenvalue weighted by molar-refractivity contribution is 0.00286. The van der Waals surface area contributed by atoms with E-state index in [2.05, 4.69) is 15.4 Å². The van der Waals surface area contributed by atoms with Crippen molar-refractivity contribution in [3.63, 3.8) is 0 Å². The van der Waals surface area contributed by atoms with Gasteiger partial charge in [0.15, 0.2) is 5.65 Å². The maximum Gasteiger partial charge on any atom is 0.243 e. The number of hydrogen-bond acceptors (Lipinski definition) is 4. The van der Waals surface area contributed by atoms with Crippen LogP contribution in [0.2, 0.25) is 0 Å². The largest absolute Gasteiger partial charge is 0.378 e. The fraction of sp³-hybridized carbons (Fsp3) is 0.500. The second kappa shape index (κ2) is 4.53. The molecule has 1 aliphatic carbocycles. The molecule has 3 rings (SSSR count). The van der Waals surface area contributed by atoms with Crippen LogP contribution in [0.15, 0.2) is 18.3 Å². The molecule has 1 N–H and O–H groups in total. The summed E-state index contributed by atoms with van der Waals surface area (Å²) in [6.07, 6.45) is 3.61. The minimum Gasteiger partial charge on any atom is -0.378 e. The zero-order chi connectivity index (χ0) is 12.5. The molecule has 1 fully saturated rings. The van der Waals surface area contributed by atoms with E-state index in [0.717, 1.165) is 19.4 Å². The van der Waals surface area contributed by atoms with E-state index in [9.17, 15) is 4.39 Å². The maximum atomic E-state index is 13.0. The third kappa shape index (κ3) is 2.15. The van der Waals surface area contributed by atoms with Crippen molar-refractivity contribution in [1.82, 2.24) is 14.6 Å². The number of nitrogens with zero attached hydrogens (tertiary/aromatic N) is 3. The molecule has 1 saturated carbocycles. The first kappa shape index (κ1) is 11.4. The summed E-state index contributed by atoms with van der Waals surface area (Å²) in [6.45, 7) is 2.75. The second-order valence-electron chi connectivity index (χ2n) is 4.48. The van der Waals surface area contributed by atoms with Gasteiger partial charge in [0.25, 0.3) is 0 Å². The second-order valence-corrected chi connectivity index (χ2v) is 4.48. The maximum absolute atomic E-state index is 13.0. The first-order chi connectivity index (χ1) is 8.74. The number of rotatable bonds is 4. The lowest BCUT2D eigenvalue weighted by Gasteiger charge is -2.34. The standard InChI is InChI=1S/C12H15FN4O/c1-2-18-10-5-9(6-10)14-12-15-11-4-3-8(13)7-17(11)16-12/h3-4,7,9-10H,2,5-6H2,1H3,(H,14,16). The van der Waals surface area contributed by atoms with E-state index in [4.69, 9.17) is 4.74 Å². The van der Waals surface area contributed by atoms with E-state index < -0.39 is 0 Å². The molecule has 5 nitrogen and oxygen atoms in total. The summed E-state index contributed by atoms with van der Waals surface area (Å²) in [7, 11) is 0. The molecule has 0 aliphatic heterocycles. The van der Waals surface area contributed by atoms with Crippen LogP contribution >= 0.6 is 0 Å². The van der Waals surface area contributed by atoms with Gasteiger partial charge in [-0.25, -0.2) is 8.91 Å². The summed E-state index contributed by atoms with van der Waals surface area (Å²) >= 11 is 0. The topological polar surface area (TPSA) is 51.5 Å². The zero-order valence-electron chi connectivity index (χ0n) is 10.1. The minimum absolute atomic E-state index is 0.320. The Balaban J connectivity index is 1.65. The van der Waals surface area contributed by atoms with E-state index in [1.54, 1.807) is 6.07 Å². The van der Waals surface area contributed by atoms with E-state index in [-0.39, 0.29) is 5.82 Å². The molecule has 0 amide bonds. The van der Waals surface area contributed by atoms with Crippen molar-refractivity contribution in [2.45, 2.75) is 31.9 Å². The molecular formula is C12H15FN4O. The van der Waals surface area contributed by atoms with Gasteiger partial charge in [0.2, 0.25) is 5.95 Å². The van der Waals surface area contributed by atoms with Gasteiger partial charge in [0, 0.05) is 12.6 Å². The molecule has 0 radical (unpaired) electrons. The highest BCUT2D eigenvalue weighted by Crippen LogP contribution is 2.25. The molecule has 6 heteroatoms. The highest BCUT2D eigenvalue weighted by molar-refractivity contribution is 5.43. The summed E-state index contributed by atoms with van der Waals surface area (Å²) in [5.74, 6) is 0.222. The Morgan fingerprint density at radius 1 is 1.50 bits per heavy atom. The number of ether oxygens (including phenoxy) is 1. The van der Waals surface area contributed by atoms with Crippen LogP contribution in [0.4, 0.5) is 10.3 Å². The van der Waals surface area contributed by atoms with Crippen molar-refractivity contribution >= 4 is 11.6 Å². The third-order valence-electron chi connectivity index (χ3n) is 3.13. The zero-order valence-corrected chi connectivity index (χ0v) is 10.1. The molecule has 0 saturated heterocycles. The summed E-state index contributed by atoms with van der Waals surface area (Å²) < 4.78 is 19.9. The van der Waals surface area contributed by atoms with Gasteiger partial charge in [0.05, 0.1) is 12.3 Å². The predicted molar refractivity (Wildman–Crippen MR) is 65.0 cm³/mol. The molecule has 2 heterocycles. The van der Waals surface area contributed by atoms with E-state index in [1.165, 1.54) is 16.8 Å². The number of nitrogens with one attached hydrogen (secondary N) is 1. The van der Waals surface area contributed by atoms with E-state index >= 15 is 0 Å². The first-order valence-electron chi connectivity index (χ1n) is 6.14. The summed E-state index contributed by atoms with van der Waals surface area (Å²) in [6, 6.07) is 3.34. The van der Waals surface area contributed by atoms with Crippen molar-refractivity contribution in [3.05, 3.63) is 24.1 Å². The highest BCUT2D eigenvalue weighted by atomic mass is 19.1. The van der Waals surface area contributed by atoms with Gasteiger partial charge in [-0.2, -0.15) is 4.98 Å². The van der Waals surface area contributed by atoms with Crippen LogP contribution in [0.25, 0.3) is 5.65 Å². The molecule has 2 aromatic rings. The quantitative estimate of drug-likeness (QED) is 0.899. The summed E-state index contributed by atoms with van der Waals surface area (Å²) in [5, 5.41) is 7.41. The first-order valence-corrected chi connectivity index (χ1v) is 6.14. The average Bonchev–Trinajstić information content (AvgIpc) is 2.68. The Morgan fingerprint density at radius 2 is 2.33 bits per heavy atom. The van der Waals surface area contributed by atoms with Crippen LogP contribution in [0.1, 0.15) is 19.8 Å². The number of aromatic nitrogens is 3. The van der Waals surface area contributed by atoms with Crippen LogP contribution in [-0.4, -0.2) is 33.4 Å². The number of fused-ring (bicyclic) bond motifs is 1. The molecule has 18 heavy (non-hydrogen) atoms. The van der Waals surface area contributed by atoms with Gasteiger partial charge in [-0.15, -0.1) is 5.10 Å². The van der Waals surface area contributed by atoms with Crippen molar-refractivity contribution in [2.24, 2.45) is 0 Å². The highest BCUT2D eigenvalue weighted by Gasteiger charge is 2.30. The molecule has 0 atom stereocenters. The van der Waals surface area contributed by atoms with Crippen molar-refractivity contribution in [1.29, 1.82) is 0 Å². The summed E-state index contributed by atoms with van der Waals surface area (Å²) in [4.78, 5) is 4.28. The normalized spacial score (nSPS) is 23.0. The van der Waals surface area contributed by atoms with Crippen molar-refractivity contribution < 1.29 is 9.13 Å². The van der Waals surface area contributed by atoms with Crippen LogP contribution in [0.5, 0.6) is 0 Å². The molecule has 0 unspecified atom stereocenters. The Morgan fingerprint density at radius 3 is 3.11 bits per heavy atom. The Bertz CT molecular complexity index is 550. The Hall–Kier alpha value is -1.69. The van der Waals surface area contributed by atoms with Crippen molar-refractivity contribution in [2.75, 3.05) is 11.9 Å². The van der Waals surface area contributed by atoms with Gasteiger partial charge in [-0.3, -0.25) is 0 Å². The minimum atomic E-state index is -0.320. The van der Waals surface area contributed by atoms with Crippen molar-refractivity contribution in [3.8, 4) is 0 Å². The van der Waals surface area contributed by atoms with Crippen LogP contribution < -0.4 is 5.32 Å². The van der Waals surface area contributed by atoms with Gasteiger partial charge in [-0.05, 0) is 31.9 Å². The number of pyridine rings is 1. The van der Waals surface area contributed by atoms with Crippen LogP contribution in [0.3, 0.4) is 0 Å². The average molecular weight is 250 g/mol. The lowest BCUT2D eigenvalue weighted by atomic mass is 9.89. The smallest absolute Gasteiger partial charge is 0.243 e. The Kier molecular flexibility index (Phi) is 2.87. The molecule has 1 aliphatic rings. The van der Waals surface area contributed by atoms with E-state index in [1.807, 2.05) is 6.92 Å². The molecule has 2 aromatic heterocycles. The van der Waals surface area contributed by atoms with Crippen LogP contribution in [-0.2, 0) is 4.74 Å². The van der Waals surface area contributed by atoms with Gasteiger partial charge < -0.3 is 10.1 Å². The number of hydrogen-bond donors (Lipinski definition) is 1. The monoisotopic (exact) mass is 250 g/mol. The Labute approximate surface area is 104 Å². The number of halogens is 1. The fourth-order valence-electron chi connectivity index (χ4n) is 2.16. The predicted octanol–water partition coefficient (Wildman–Crippen LogP) is 1.85. The molecular weight excluding hydrogens is 235 g/mol. The molecule has 0 aromatic carbocycles. The van der Waals surface area contributed by atoms with Crippen LogP contribution in [0, 0.1) is 5.82 Å². The van der Waals surface area contributed by atoms with Gasteiger partial charge in [-0.1, -0.05) is 0 Å². The lowest BCUT2D eigenvalue weighted by Crippen LogP contribution is -2.41. The fourth-order valence-corrected chi connectivity index (χ4v) is 2.16. The van der Waals surface area contributed by atoms with Gasteiger partial charge >= 0.3 is 0 Å². The third-order valence-corrected chi connectivity index (χ3v) is 3.13.